The number of fused-ring (bicyclic) bond motifs is 1. The molecule has 2 atom stereocenters. The van der Waals surface area contributed by atoms with E-state index < -0.39 is 5.60 Å². The lowest BCUT2D eigenvalue weighted by molar-refractivity contribution is -0.167. The molecule has 0 saturated carbocycles. The van der Waals surface area contributed by atoms with Crippen molar-refractivity contribution in [2.24, 2.45) is 0 Å². The molecule has 1 aliphatic rings. The summed E-state index contributed by atoms with van der Waals surface area (Å²) >= 11 is 0. The number of hydrogen-bond donors (Lipinski definition) is 1. The standard InChI is InChI=1S/C33H35NO3/c1-33(2)32(36-24-27-16-10-5-11-17-27)31(35-21-20-25-12-6-3-7-13-25)29-22-28(18-19-30(29)37-33)34-23-26-14-8-4-9-15-26/h3-19,22,31-32,34H,20-21,23-24H2,1-2H3. The van der Waals surface area contributed by atoms with E-state index in [-0.39, 0.29) is 12.2 Å². The van der Waals surface area contributed by atoms with E-state index in [2.05, 4.69) is 92.0 Å². The second-order valence-electron chi connectivity index (χ2n) is 10.0. The van der Waals surface area contributed by atoms with Crippen LogP contribution >= 0.6 is 0 Å². The van der Waals surface area contributed by atoms with E-state index in [1.807, 2.05) is 36.4 Å². The number of hydrogen-bond acceptors (Lipinski definition) is 4. The zero-order valence-corrected chi connectivity index (χ0v) is 21.6. The van der Waals surface area contributed by atoms with Crippen LogP contribution in [0.3, 0.4) is 0 Å². The third-order valence-electron chi connectivity index (χ3n) is 6.79. The largest absolute Gasteiger partial charge is 0.485 e. The summed E-state index contributed by atoms with van der Waals surface area (Å²) in [5.74, 6) is 0.847. The van der Waals surface area contributed by atoms with Gasteiger partial charge in [-0.25, -0.2) is 0 Å². The van der Waals surface area contributed by atoms with Crippen LogP contribution in [0.2, 0.25) is 0 Å². The number of anilines is 1. The van der Waals surface area contributed by atoms with Crippen LogP contribution in [-0.4, -0.2) is 18.3 Å². The van der Waals surface area contributed by atoms with Gasteiger partial charge in [-0.15, -0.1) is 0 Å². The zero-order chi connectivity index (χ0) is 25.5. The minimum absolute atomic E-state index is 0.260. The molecule has 0 bridgehead atoms. The quantitative estimate of drug-likeness (QED) is 0.251. The number of benzene rings is 4. The first kappa shape index (κ1) is 25.1. The molecule has 0 spiro atoms. The average Bonchev–Trinajstić information content (AvgIpc) is 2.93. The lowest BCUT2D eigenvalue weighted by Crippen LogP contribution is -2.51. The van der Waals surface area contributed by atoms with Crippen LogP contribution in [0.25, 0.3) is 0 Å². The number of nitrogens with one attached hydrogen (secondary N) is 1. The SMILES string of the molecule is CC1(C)Oc2ccc(NCc3ccccc3)cc2C(OCCc2ccccc2)C1OCc1ccccc1. The lowest BCUT2D eigenvalue weighted by Gasteiger charge is -2.44. The number of rotatable bonds is 10. The molecule has 4 aromatic rings. The Balaban J connectivity index is 1.39. The predicted molar refractivity (Wildman–Crippen MR) is 149 cm³/mol. The molecular formula is C33H35NO3. The summed E-state index contributed by atoms with van der Waals surface area (Å²) in [6, 6.07) is 37.4. The topological polar surface area (TPSA) is 39.7 Å². The Labute approximate surface area is 220 Å². The Hall–Kier alpha value is -3.60. The fraction of sp³-hybridized carbons (Fsp3) is 0.273. The molecule has 2 unspecified atom stereocenters. The molecule has 0 aliphatic carbocycles. The fourth-order valence-corrected chi connectivity index (χ4v) is 4.82. The highest BCUT2D eigenvalue weighted by Gasteiger charge is 2.45. The maximum absolute atomic E-state index is 6.64. The Morgan fingerprint density at radius 2 is 1.35 bits per heavy atom. The van der Waals surface area contributed by atoms with Gasteiger partial charge >= 0.3 is 0 Å². The minimum atomic E-state index is -0.557. The molecule has 190 valence electrons. The third-order valence-corrected chi connectivity index (χ3v) is 6.79. The number of ether oxygens (including phenoxy) is 3. The minimum Gasteiger partial charge on any atom is -0.485 e. The van der Waals surface area contributed by atoms with Gasteiger partial charge in [0.2, 0.25) is 0 Å². The first-order valence-corrected chi connectivity index (χ1v) is 13.0. The molecule has 4 heteroatoms. The fourth-order valence-electron chi connectivity index (χ4n) is 4.82. The molecule has 0 aromatic heterocycles. The van der Waals surface area contributed by atoms with Crippen molar-refractivity contribution in [1.29, 1.82) is 0 Å². The van der Waals surface area contributed by atoms with Crippen molar-refractivity contribution in [1.82, 2.24) is 0 Å². The van der Waals surface area contributed by atoms with E-state index in [1.165, 1.54) is 11.1 Å². The van der Waals surface area contributed by atoms with Crippen LogP contribution in [0.1, 0.15) is 42.2 Å². The zero-order valence-electron chi connectivity index (χ0n) is 21.6. The van der Waals surface area contributed by atoms with Crippen LogP contribution < -0.4 is 10.1 Å². The summed E-state index contributed by atoms with van der Waals surface area (Å²) in [4.78, 5) is 0. The van der Waals surface area contributed by atoms with Gasteiger partial charge in [0, 0.05) is 17.8 Å². The normalized spacial score (nSPS) is 18.0. The van der Waals surface area contributed by atoms with Crippen LogP contribution in [0.5, 0.6) is 5.75 Å². The van der Waals surface area contributed by atoms with Crippen LogP contribution in [0, 0.1) is 0 Å². The molecule has 4 aromatic carbocycles. The van der Waals surface area contributed by atoms with Crippen molar-refractivity contribution in [2.75, 3.05) is 11.9 Å². The summed E-state index contributed by atoms with van der Waals surface area (Å²) in [6.07, 6.45) is 0.302. The van der Waals surface area contributed by atoms with E-state index in [0.717, 1.165) is 35.5 Å². The van der Waals surface area contributed by atoms with E-state index in [1.54, 1.807) is 0 Å². The van der Waals surface area contributed by atoms with Crippen LogP contribution in [0.15, 0.2) is 109 Å². The second kappa shape index (κ2) is 11.6. The molecule has 0 radical (unpaired) electrons. The van der Waals surface area contributed by atoms with Crippen molar-refractivity contribution < 1.29 is 14.2 Å². The molecule has 0 saturated heterocycles. The van der Waals surface area contributed by atoms with E-state index >= 15 is 0 Å². The van der Waals surface area contributed by atoms with Crippen LogP contribution in [0.4, 0.5) is 5.69 Å². The monoisotopic (exact) mass is 493 g/mol. The van der Waals surface area contributed by atoms with Crippen molar-refractivity contribution >= 4 is 5.69 Å². The smallest absolute Gasteiger partial charge is 0.132 e. The molecule has 5 rings (SSSR count). The summed E-state index contributed by atoms with van der Waals surface area (Å²) in [6.45, 7) is 6.01. The first-order chi connectivity index (χ1) is 18.1. The second-order valence-corrected chi connectivity index (χ2v) is 10.0. The van der Waals surface area contributed by atoms with E-state index in [0.29, 0.717) is 13.2 Å². The molecular weight excluding hydrogens is 458 g/mol. The van der Waals surface area contributed by atoms with Gasteiger partial charge in [0.1, 0.15) is 23.6 Å². The highest BCUT2D eigenvalue weighted by atomic mass is 16.6. The molecule has 0 fully saturated rings. The van der Waals surface area contributed by atoms with Gasteiger partial charge < -0.3 is 19.5 Å². The molecule has 37 heavy (non-hydrogen) atoms. The van der Waals surface area contributed by atoms with Gasteiger partial charge in [0.15, 0.2) is 0 Å². The maximum Gasteiger partial charge on any atom is 0.132 e. The predicted octanol–water partition coefficient (Wildman–Crippen LogP) is 7.36. The van der Waals surface area contributed by atoms with Crippen molar-refractivity contribution in [3.63, 3.8) is 0 Å². The van der Waals surface area contributed by atoms with Gasteiger partial charge in [0.25, 0.3) is 0 Å². The molecule has 1 heterocycles. The molecule has 1 aliphatic heterocycles. The lowest BCUT2D eigenvalue weighted by atomic mass is 9.87. The molecule has 0 amide bonds. The molecule has 4 nitrogen and oxygen atoms in total. The van der Waals surface area contributed by atoms with E-state index in [4.69, 9.17) is 14.2 Å². The van der Waals surface area contributed by atoms with Gasteiger partial charge in [-0.1, -0.05) is 91.0 Å². The van der Waals surface area contributed by atoms with Crippen molar-refractivity contribution in [2.45, 2.75) is 51.2 Å². The van der Waals surface area contributed by atoms with Gasteiger partial charge in [0.05, 0.1) is 13.2 Å². The summed E-state index contributed by atoms with van der Waals surface area (Å²) in [7, 11) is 0. The third kappa shape index (κ3) is 6.40. The van der Waals surface area contributed by atoms with E-state index in [9.17, 15) is 0 Å². The Kier molecular flexibility index (Phi) is 7.88. The van der Waals surface area contributed by atoms with Gasteiger partial charge in [-0.3, -0.25) is 0 Å². The van der Waals surface area contributed by atoms with Gasteiger partial charge in [-0.2, -0.15) is 0 Å². The Morgan fingerprint density at radius 3 is 2.03 bits per heavy atom. The molecule has 1 N–H and O–H groups in total. The highest BCUT2D eigenvalue weighted by molar-refractivity contribution is 5.54. The van der Waals surface area contributed by atoms with Crippen molar-refractivity contribution in [3.8, 4) is 5.75 Å². The highest BCUT2D eigenvalue weighted by Crippen LogP contribution is 2.44. The summed E-state index contributed by atoms with van der Waals surface area (Å²) in [5, 5.41) is 3.56. The average molecular weight is 494 g/mol. The van der Waals surface area contributed by atoms with Gasteiger partial charge in [-0.05, 0) is 55.2 Å². The Morgan fingerprint density at radius 1 is 0.730 bits per heavy atom. The maximum atomic E-state index is 6.64. The summed E-state index contributed by atoms with van der Waals surface area (Å²) < 4.78 is 19.7. The Bertz CT molecular complexity index is 1260. The van der Waals surface area contributed by atoms with Crippen molar-refractivity contribution in [3.05, 3.63) is 131 Å². The first-order valence-electron chi connectivity index (χ1n) is 13.0. The van der Waals surface area contributed by atoms with Crippen LogP contribution in [-0.2, 0) is 29.0 Å². The summed E-state index contributed by atoms with van der Waals surface area (Å²) in [5.41, 5.74) is 5.11.